The van der Waals surface area contributed by atoms with Gasteiger partial charge in [0.15, 0.2) is 0 Å². The molecule has 0 radical (unpaired) electrons. The summed E-state index contributed by atoms with van der Waals surface area (Å²) < 4.78 is 0. The summed E-state index contributed by atoms with van der Waals surface area (Å²) >= 11 is 6.44. The van der Waals surface area contributed by atoms with Crippen LogP contribution in [0.5, 0.6) is 0 Å². The number of fused-ring (bicyclic) bond motifs is 7. The van der Waals surface area contributed by atoms with Crippen molar-refractivity contribution >= 4 is 56.4 Å². The van der Waals surface area contributed by atoms with Gasteiger partial charge in [0.25, 0.3) is 0 Å². The van der Waals surface area contributed by atoms with Crippen LogP contribution in [0.2, 0.25) is 5.02 Å². The predicted molar refractivity (Wildman–Crippen MR) is 190 cm³/mol. The molecule has 47 heavy (non-hydrogen) atoms. The van der Waals surface area contributed by atoms with E-state index in [1.807, 2.05) is 30.3 Å². The van der Waals surface area contributed by atoms with Crippen molar-refractivity contribution in [1.82, 2.24) is 4.90 Å². The smallest absolute Gasteiger partial charge is 0.328 e. The van der Waals surface area contributed by atoms with Gasteiger partial charge in [-0.3, -0.25) is 14.7 Å². The third kappa shape index (κ3) is 6.13. The molecule has 0 spiro atoms. The number of carboxylic acid groups (broad SMARTS) is 1. The number of carbonyl (C=O) groups excluding carboxylic acids is 1. The first-order valence-corrected chi connectivity index (χ1v) is 15.9. The predicted octanol–water partition coefficient (Wildman–Crippen LogP) is 8.58. The lowest BCUT2D eigenvalue weighted by atomic mass is 9.88. The highest BCUT2D eigenvalue weighted by molar-refractivity contribution is 6.31. The molecule has 7 rings (SSSR count). The van der Waals surface area contributed by atoms with Crippen molar-refractivity contribution in [3.05, 3.63) is 149 Å². The summed E-state index contributed by atoms with van der Waals surface area (Å²) in [5.41, 5.74) is 6.98. The first-order chi connectivity index (χ1) is 22.9. The number of amides is 1. The van der Waals surface area contributed by atoms with E-state index in [2.05, 4.69) is 88.0 Å². The Hall–Kier alpha value is -5.30. The van der Waals surface area contributed by atoms with Crippen LogP contribution < -0.4 is 5.32 Å². The van der Waals surface area contributed by atoms with Crippen molar-refractivity contribution in [2.75, 3.05) is 11.9 Å². The van der Waals surface area contributed by atoms with E-state index < -0.39 is 12.0 Å². The van der Waals surface area contributed by atoms with Gasteiger partial charge in [0.2, 0.25) is 5.91 Å². The summed E-state index contributed by atoms with van der Waals surface area (Å²) in [5, 5.41) is 17.9. The van der Waals surface area contributed by atoms with E-state index in [-0.39, 0.29) is 12.5 Å². The van der Waals surface area contributed by atoms with Gasteiger partial charge >= 0.3 is 5.97 Å². The Balaban J connectivity index is 1.25. The molecule has 1 aliphatic rings. The van der Waals surface area contributed by atoms with Crippen LogP contribution in [0.3, 0.4) is 0 Å². The topological polar surface area (TPSA) is 82.0 Å². The number of benzene rings is 6. The number of anilines is 1. The lowest BCUT2D eigenvalue weighted by Crippen LogP contribution is -2.32. The molecule has 0 aromatic heterocycles. The minimum absolute atomic E-state index is 0.143. The molecular weight excluding hydrogens is 606 g/mol. The lowest BCUT2D eigenvalue weighted by molar-refractivity contribution is -0.138. The summed E-state index contributed by atoms with van der Waals surface area (Å²) in [4.78, 5) is 32.4. The van der Waals surface area contributed by atoms with Crippen LogP contribution in [-0.4, -0.2) is 40.2 Å². The third-order valence-corrected chi connectivity index (χ3v) is 8.91. The number of halogens is 1. The zero-order chi connectivity index (χ0) is 32.5. The zero-order valence-electron chi connectivity index (χ0n) is 25.8. The van der Waals surface area contributed by atoms with Gasteiger partial charge < -0.3 is 10.4 Å². The first kappa shape index (κ1) is 30.4. The number of aliphatic carboxylic acids is 1. The molecule has 1 aliphatic heterocycles. The second-order valence-electron chi connectivity index (χ2n) is 11.9. The van der Waals surface area contributed by atoms with Gasteiger partial charge in [-0.15, -0.1) is 0 Å². The van der Waals surface area contributed by atoms with Crippen LogP contribution in [0, 0.1) is 0 Å². The van der Waals surface area contributed by atoms with Crippen LogP contribution >= 0.6 is 11.6 Å². The molecule has 0 saturated heterocycles. The minimum Gasteiger partial charge on any atom is -0.480 e. The number of nitrogens with one attached hydrogen (secondary N) is 1. The molecule has 7 heteroatoms. The van der Waals surface area contributed by atoms with Crippen molar-refractivity contribution < 1.29 is 14.7 Å². The Morgan fingerprint density at radius 2 is 1.36 bits per heavy atom. The molecule has 2 N–H and O–H groups in total. The Morgan fingerprint density at radius 1 is 0.787 bits per heavy atom. The fraction of sp³-hybridized carbons (Fsp3) is 0.125. The Bertz CT molecular complexity index is 2110. The highest BCUT2D eigenvalue weighted by atomic mass is 35.5. The molecule has 1 amide bonds. The van der Waals surface area contributed by atoms with Crippen LogP contribution in [0.1, 0.15) is 29.2 Å². The Labute approximate surface area is 278 Å². The van der Waals surface area contributed by atoms with Gasteiger partial charge in [-0.05, 0) is 68.9 Å². The molecule has 6 aromatic carbocycles. The van der Waals surface area contributed by atoms with Gasteiger partial charge in [-0.25, -0.2) is 4.79 Å². The molecule has 0 aliphatic carbocycles. The normalized spacial score (nSPS) is 13.9. The molecule has 0 saturated carbocycles. The maximum Gasteiger partial charge on any atom is 0.328 e. The molecule has 232 valence electrons. The summed E-state index contributed by atoms with van der Waals surface area (Å²) in [6.07, 6.45) is 0. The average Bonchev–Trinajstić information content (AvgIpc) is 3.24. The molecule has 1 unspecified atom stereocenters. The minimum atomic E-state index is -1.05. The monoisotopic (exact) mass is 637 g/mol. The van der Waals surface area contributed by atoms with Crippen molar-refractivity contribution in [2.24, 2.45) is 4.99 Å². The van der Waals surface area contributed by atoms with Gasteiger partial charge in [0, 0.05) is 29.2 Å². The van der Waals surface area contributed by atoms with Gasteiger partial charge in [-0.2, -0.15) is 0 Å². The van der Waals surface area contributed by atoms with Crippen LogP contribution in [-0.2, 0) is 22.7 Å². The molecule has 1 heterocycles. The van der Waals surface area contributed by atoms with Crippen LogP contribution in [0.25, 0.3) is 32.7 Å². The highest BCUT2D eigenvalue weighted by Crippen LogP contribution is 2.42. The number of hydrogen-bond donors (Lipinski definition) is 2. The van der Waals surface area contributed by atoms with E-state index in [0.717, 1.165) is 5.56 Å². The van der Waals surface area contributed by atoms with E-state index >= 15 is 0 Å². The fourth-order valence-electron chi connectivity index (χ4n) is 6.50. The SMILES string of the molecule is CC(N=C(c1ccccc1)c1cc(Cl)ccc1NC(=O)CN1Cc2ccc3ccccc3c2-c2c(ccc3ccccc23)C1)C(=O)O. The number of nitrogens with zero attached hydrogens (tertiary/aromatic N) is 2. The second-order valence-corrected chi connectivity index (χ2v) is 12.3. The van der Waals surface area contributed by atoms with Gasteiger partial charge in [0.05, 0.1) is 17.9 Å². The number of carboxylic acids is 1. The fourth-order valence-corrected chi connectivity index (χ4v) is 6.67. The van der Waals surface area contributed by atoms with Crippen molar-refractivity contribution in [3.63, 3.8) is 0 Å². The molecule has 1 atom stereocenters. The van der Waals surface area contributed by atoms with Crippen molar-refractivity contribution in [3.8, 4) is 11.1 Å². The number of hydrogen-bond acceptors (Lipinski definition) is 4. The molecule has 0 fully saturated rings. The number of rotatable bonds is 7. The average molecular weight is 638 g/mol. The van der Waals surface area contributed by atoms with E-state index in [1.165, 1.54) is 50.7 Å². The summed E-state index contributed by atoms with van der Waals surface area (Å²) in [6.45, 7) is 2.85. The zero-order valence-corrected chi connectivity index (χ0v) is 26.5. The van der Waals surface area contributed by atoms with E-state index in [4.69, 9.17) is 11.6 Å². The second kappa shape index (κ2) is 12.8. The van der Waals surface area contributed by atoms with Crippen molar-refractivity contribution in [2.45, 2.75) is 26.1 Å². The standard InChI is InChI=1S/C40H32ClN3O3/c1-25(40(46)47)42-39(28-11-3-2-4-12-28)34-21-31(41)19-20-35(34)43-36(45)24-44-22-29-17-15-26-9-5-7-13-32(26)37(29)38-30(23-44)18-16-27-10-6-8-14-33(27)38/h2-21,25H,22-24H2,1H3,(H,43,45)(H,46,47). The molecular formula is C40H32ClN3O3. The van der Waals surface area contributed by atoms with Gasteiger partial charge in [-0.1, -0.05) is 115 Å². The molecule has 6 nitrogen and oxygen atoms in total. The molecule has 6 aromatic rings. The van der Waals surface area contributed by atoms with Gasteiger partial charge in [0.1, 0.15) is 6.04 Å². The van der Waals surface area contributed by atoms with Crippen LogP contribution in [0.15, 0.2) is 126 Å². The lowest BCUT2D eigenvalue weighted by Gasteiger charge is -2.21. The quantitative estimate of drug-likeness (QED) is 0.172. The third-order valence-electron chi connectivity index (χ3n) is 8.67. The largest absolute Gasteiger partial charge is 0.480 e. The number of aliphatic imine (C=N–C) groups is 1. The Morgan fingerprint density at radius 3 is 1.96 bits per heavy atom. The molecule has 0 bridgehead atoms. The van der Waals surface area contributed by atoms with E-state index in [9.17, 15) is 14.7 Å². The summed E-state index contributed by atoms with van der Waals surface area (Å²) in [6, 6.07) is 39.1. The van der Waals surface area contributed by atoms with E-state index in [1.54, 1.807) is 18.2 Å². The number of carbonyl (C=O) groups is 2. The van der Waals surface area contributed by atoms with Crippen molar-refractivity contribution in [1.29, 1.82) is 0 Å². The summed E-state index contributed by atoms with van der Waals surface area (Å²) in [5.74, 6) is -1.24. The van der Waals surface area contributed by atoms with Crippen LogP contribution in [0.4, 0.5) is 5.69 Å². The summed E-state index contributed by atoms with van der Waals surface area (Å²) in [7, 11) is 0. The maximum atomic E-state index is 13.8. The van der Waals surface area contributed by atoms with E-state index in [0.29, 0.717) is 35.1 Å². The maximum absolute atomic E-state index is 13.8. The Kier molecular flexibility index (Phi) is 8.29. The highest BCUT2D eigenvalue weighted by Gasteiger charge is 2.25. The first-order valence-electron chi connectivity index (χ1n) is 15.6.